The van der Waals surface area contributed by atoms with Gasteiger partial charge in [0, 0.05) is 9.75 Å². The summed E-state index contributed by atoms with van der Waals surface area (Å²) in [6.07, 6.45) is 1.45. The van der Waals surface area contributed by atoms with Gasteiger partial charge in [0.05, 0.1) is 6.04 Å². The molecule has 0 aromatic carbocycles. The number of nitrogen functional groups attached to an aromatic ring is 1. The number of hydrogen-bond donors (Lipinski definition) is 2. The number of rotatable bonds is 3. The predicted octanol–water partition coefficient (Wildman–Crippen LogP) is 3.36. The molecule has 0 aliphatic carbocycles. The Labute approximate surface area is 112 Å². The van der Waals surface area contributed by atoms with Crippen molar-refractivity contribution < 1.29 is 0 Å². The third-order valence-electron chi connectivity index (χ3n) is 2.36. The fraction of sp³-hybridized carbons (Fsp3) is 0.273. The van der Waals surface area contributed by atoms with Crippen LogP contribution >= 0.6 is 27.3 Å². The molecule has 0 spiro atoms. The Morgan fingerprint density at radius 1 is 1.41 bits per heavy atom. The highest BCUT2D eigenvalue weighted by atomic mass is 79.9. The van der Waals surface area contributed by atoms with Crippen LogP contribution in [0, 0.1) is 6.92 Å². The normalized spacial score (nSPS) is 12.4. The Hall–Kier alpha value is -1.14. The Balaban J connectivity index is 2.18. The Bertz CT molecular complexity index is 526. The number of nitrogens with zero attached hydrogens (tertiary/aromatic N) is 2. The molecule has 2 aromatic rings. The molecule has 0 aliphatic heterocycles. The van der Waals surface area contributed by atoms with Crippen molar-refractivity contribution in [1.29, 1.82) is 0 Å². The molecule has 17 heavy (non-hydrogen) atoms. The quantitative estimate of drug-likeness (QED) is 0.912. The van der Waals surface area contributed by atoms with Crippen LogP contribution in [0.2, 0.25) is 0 Å². The van der Waals surface area contributed by atoms with E-state index in [1.165, 1.54) is 16.1 Å². The minimum Gasteiger partial charge on any atom is -0.383 e. The number of nitrogens with one attached hydrogen (secondary N) is 1. The lowest BCUT2D eigenvalue weighted by atomic mass is 10.2. The molecule has 0 bridgehead atoms. The lowest BCUT2D eigenvalue weighted by Crippen LogP contribution is -2.08. The maximum Gasteiger partial charge on any atom is 0.146 e. The molecule has 0 saturated heterocycles. The average Bonchev–Trinajstić information content (AvgIpc) is 2.72. The molecule has 6 heteroatoms. The predicted molar refractivity (Wildman–Crippen MR) is 75.2 cm³/mol. The van der Waals surface area contributed by atoms with Crippen LogP contribution in [0.1, 0.15) is 22.7 Å². The molecule has 2 rings (SSSR count). The number of halogens is 1. The van der Waals surface area contributed by atoms with Crippen LogP contribution in [0.5, 0.6) is 0 Å². The van der Waals surface area contributed by atoms with Crippen LogP contribution in [0.3, 0.4) is 0 Å². The summed E-state index contributed by atoms with van der Waals surface area (Å²) >= 11 is 5.15. The fourth-order valence-electron chi connectivity index (χ4n) is 1.45. The van der Waals surface area contributed by atoms with Crippen molar-refractivity contribution in [2.45, 2.75) is 19.9 Å². The van der Waals surface area contributed by atoms with E-state index in [0.29, 0.717) is 10.3 Å². The zero-order valence-electron chi connectivity index (χ0n) is 9.57. The van der Waals surface area contributed by atoms with Gasteiger partial charge in [-0.15, -0.1) is 11.3 Å². The van der Waals surface area contributed by atoms with Gasteiger partial charge in [0.1, 0.15) is 22.4 Å². The molecule has 2 heterocycles. The van der Waals surface area contributed by atoms with Crippen LogP contribution in [-0.4, -0.2) is 9.97 Å². The van der Waals surface area contributed by atoms with Crippen molar-refractivity contribution in [3.8, 4) is 0 Å². The molecular formula is C11H13BrN4S. The molecule has 0 radical (unpaired) electrons. The third-order valence-corrected chi connectivity index (χ3v) is 4.32. The second-order valence-electron chi connectivity index (χ2n) is 3.74. The second kappa shape index (κ2) is 5.01. The van der Waals surface area contributed by atoms with Gasteiger partial charge in [-0.3, -0.25) is 0 Å². The van der Waals surface area contributed by atoms with E-state index in [-0.39, 0.29) is 6.04 Å². The first-order valence-corrected chi connectivity index (χ1v) is 6.77. The molecule has 1 unspecified atom stereocenters. The zero-order valence-corrected chi connectivity index (χ0v) is 12.0. The first-order chi connectivity index (χ1) is 8.08. The summed E-state index contributed by atoms with van der Waals surface area (Å²) in [5.74, 6) is 1.16. The molecule has 0 saturated carbocycles. The number of aryl methyl sites for hydroxylation is 1. The van der Waals surface area contributed by atoms with Crippen LogP contribution in [0.15, 0.2) is 22.9 Å². The van der Waals surface area contributed by atoms with Crippen molar-refractivity contribution in [1.82, 2.24) is 9.97 Å². The standard InChI is InChI=1S/C11H13BrN4S/c1-6-3-4-8(17-6)7(2)16-11-9(12)10(13)14-5-15-11/h3-5,7H,1-2H3,(H3,13,14,15,16). The molecule has 90 valence electrons. The van der Waals surface area contributed by atoms with E-state index in [1.54, 1.807) is 11.3 Å². The first kappa shape index (κ1) is 12.3. The van der Waals surface area contributed by atoms with E-state index in [9.17, 15) is 0 Å². The molecule has 0 amide bonds. The molecule has 2 aromatic heterocycles. The summed E-state index contributed by atoms with van der Waals surface area (Å²) in [5, 5.41) is 3.31. The van der Waals surface area contributed by atoms with Gasteiger partial charge in [-0.25, -0.2) is 9.97 Å². The van der Waals surface area contributed by atoms with E-state index in [1.807, 2.05) is 0 Å². The summed E-state index contributed by atoms with van der Waals surface area (Å²) in [6, 6.07) is 4.43. The van der Waals surface area contributed by atoms with Crippen LogP contribution < -0.4 is 11.1 Å². The second-order valence-corrected chi connectivity index (χ2v) is 5.85. The molecule has 0 fully saturated rings. The summed E-state index contributed by atoms with van der Waals surface area (Å²) in [6.45, 7) is 4.19. The number of aromatic nitrogens is 2. The Kier molecular flexibility index (Phi) is 3.63. The number of hydrogen-bond acceptors (Lipinski definition) is 5. The van der Waals surface area contributed by atoms with E-state index in [4.69, 9.17) is 5.73 Å². The van der Waals surface area contributed by atoms with Gasteiger partial charge in [0.15, 0.2) is 0 Å². The average molecular weight is 313 g/mol. The van der Waals surface area contributed by atoms with Gasteiger partial charge in [-0.2, -0.15) is 0 Å². The van der Waals surface area contributed by atoms with E-state index in [2.05, 4.69) is 57.2 Å². The van der Waals surface area contributed by atoms with Crippen molar-refractivity contribution in [3.63, 3.8) is 0 Å². The largest absolute Gasteiger partial charge is 0.383 e. The third kappa shape index (κ3) is 2.76. The van der Waals surface area contributed by atoms with Crippen molar-refractivity contribution in [2.75, 3.05) is 11.1 Å². The van der Waals surface area contributed by atoms with Crippen LogP contribution in [-0.2, 0) is 0 Å². The van der Waals surface area contributed by atoms with Crippen molar-refractivity contribution >= 4 is 38.9 Å². The summed E-state index contributed by atoms with van der Waals surface area (Å²) < 4.78 is 0.708. The highest BCUT2D eigenvalue weighted by molar-refractivity contribution is 9.10. The maximum atomic E-state index is 5.70. The summed E-state index contributed by atoms with van der Waals surface area (Å²) in [4.78, 5) is 10.6. The van der Waals surface area contributed by atoms with E-state index in [0.717, 1.165) is 5.82 Å². The zero-order chi connectivity index (χ0) is 12.4. The maximum absolute atomic E-state index is 5.70. The minimum absolute atomic E-state index is 0.194. The number of thiophene rings is 1. The van der Waals surface area contributed by atoms with Gasteiger partial charge in [0.2, 0.25) is 0 Å². The Morgan fingerprint density at radius 2 is 2.18 bits per heavy atom. The highest BCUT2D eigenvalue weighted by Crippen LogP contribution is 2.29. The lowest BCUT2D eigenvalue weighted by molar-refractivity contribution is 0.891. The van der Waals surface area contributed by atoms with Gasteiger partial charge in [0.25, 0.3) is 0 Å². The topological polar surface area (TPSA) is 63.8 Å². The van der Waals surface area contributed by atoms with E-state index < -0.39 is 0 Å². The molecule has 0 aliphatic rings. The molecule has 1 atom stereocenters. The smallest absolute Gasteiger partial charge is 0.146 e. The summed E-state index contributed by atoms with van der Waals surface area (Å²) in [5.41, 5.74) is 5.70. The first-order valence-electron chi connectivity index (χ1n) is 5.16. The Morgan fingerprint density at radius 3 is 2.82 bits per heavy atom. The fourth-order valence-corrected chi connectivity index (χ4v) is 2.65. The van der Waals surface area contributed by atoms with E-state index >= 15 is 0 Å². The monoisotopic (exact) mass is 312 g/mol. The van der Waals surface area contributed by atoms with Crippen molar-refractivity contribution in [3.05, 3.63) is 32.7 Å². The van der Waals surface area contributed by atoms with Gasteiger partial charge < -0.3 is 11.1 Å². The van der Waals surface area contributed by atoms with Crippen LogP contribution in [0.4, 0.5) is 11.6 Å². The van der Waals surface area contributed by atoms with Gasteiger partial charge in [-0.05, 0) is 41.9 Å². The molecule has 3 N–H and O–H groups in total. The highest BCUT2D eigenvalue weighted by Gasteiger charge is 2.11. The van der Waals surface area contributed by atoms with Gasteiger partial charge >= 0.3 is 0 Å². The van der Waals surface area contributed by atoms with Crippen LogP contribution in [0.25, 0.3) is 0 Å². The molecule has 4 nitrogen and oxygen atoms in total. The SMILES string of the molecule is Cc1ccc(C(C)Nc2ncnc(N)c2Br)s1. The molecular weight excluding hydrogens is 300 g/mol. The lowest BCUT2D eigenvalue weighted by Gasteiger charge is -2.14. The minimum atomic E-state index is 0.194. The van der Waals surface area contributed by atoms with Crippen molar-refractivity contribution in [2.24, 2.45) is 0 Å². The number of nitrogens with two attached hydrogens (primary N) is 1. The summed E-state index contributed by atoms with van der Waals surface area (Å²) in [7, 11) is 0. The van der Waals surface area contributed by atoms with Gasteiger partial charge in [-0.1, -0.05) is 0 Å². The number of anilines is 2.